The van der Waals surface area contributed by atoms with E-state index in [-0.39, 0.29) is 17.0 Å². The molecule has 150 valence electrons. The van der Waals surface area contributed by atoms with Gasteiger partial charge in [0.15, 0.2) is 11.5 Å². The third kappa shape index (κ3) is 3.74. The van der Waals surface area contributed by atoms with Crippen molar-refractivity contribution < 1.29 is 28.6 Å². The fraction of sp³-hybridized carbons (Fsp3) is 0.150. The van der Waals surface area contributed by atoms with Crippen molar-refractivity contribution in [2.75, 3.05) is 26.2 Å². The molecule has 0 saturated carbocycles. The first-order valence-corrected chi connectivity index (χ1v) is 8.75. The molecule has 2 aromatic carbocycles. The first-order chi connectivity index (χ1) is 13.9. The van der Waals surface area contributed by atoms with Crippen LogP contribution in [0.4, 0.5) is 10.5 Å². The van der Waals surface area contributed by atoms with E-state index in [2.05, 4.69) is 5.32 Å². The normalized spacial score (nSPS) is 15.4. The van der Waals surface area contributed by atoms with Gasteiger partial charge in [0.25, 0.3) is 11.8 Å². The lowest BCUT2D eigenvalue weighted by molar-refractivity contribution is -0.122. The van der Waals surface area contributed by atoms with Crippen LogP contribution in [0.3, 0.4) is 0 Å². The smallest absolute Gasteiger partial charge is 0.335 e. The summed E-state index contributed by atoms with van der Waals surface area (Å²) in [5.41, 5.74) is 0.425. The molecule has 0 unspecified atom stereocenters. The second-order valence-corrected chi connectivity index (χ2v) is 6.29. The predicted molar refractivity (Wildman–Crippen MR) is 107 cm³/mol. The summed E-state index contributed by atoms with van der Waals surface area (Å²) in [6.07, 6.45) is 1.33. The number of nitrogens with one attached hydrogen (secondary N) is 1. The Kier molecular flexibility index (Phi) is 5.74. The Bertz CT molecular complexity index is 1020. The number of hydrogen-bond acceptors (Lipinski definition) is 6. The second kappa shape index (κ2) is 8.24. The zero-order valence-corrected chi connectivity index (χ0v) is 16.6. The molecule has 0 atom stereocenters. The lowest BCUT2D eigenvalue weighted by Crippen LogP contribution is -2.54. The number of halogens is 1. The van der Waals surface area contributed by atoms with Gasteiger partial charge in [0.1, 0.15) is 5.57 Å². The van der Waals surface area contributed by atoms with Gasteiger partial charge >= 0.3 is 6.03 Å². The maximum absolute atomic E-state index is 13.0. The molecular weight excluding hydrogens is 400 g/mol. The summed E-state index contributed by atoms with van der Waals surface area (Å²) in [5.74, 6) is -0.600. The Morgan fingerprint density at radius 2 is 1.55 bits per heavy atom. The molecule has 0 spiro atoms. The van der Waals surface area contributed by atoms with Crippen molar-refractivity contribution in [3.05, 3.63) is 52.6 Å². The number of methoxy groups -OCH3 is 3. The van der Waals surface area contributed by atoms with E-state index < -0.39 is 17.8 Å². The number of amides is 4. The van der Waals surface area contributed by atoms with Crippen molar-refractivity contribution in [3.8, 4) is 17.2 Å². The Labute approximate surface area is 171 Å². The molecule has 4 amide bonds. The number of barbiturate groups is 1. The summed E-state index contributed by atoms with van der Waals surface area (Å²) in [7, 11) is 4.34. The van der Waals surface area contributed by atoms with Gasteiger partial charge in [0, 0.05) is 10.6 Å². The van der Waals surface area contributed by atoms with Gasteiger partial charge in [-0.2, -0.15) is 0 Å². The number of nitrogens with zero attached hydrogens (tertiary/aromatic N) is 1. The van der Waals surface area contributed by atoms with Crippen LogP contribution in [0.1, 0.15) is 5.56 Å². The highest BCUT2D eigenvalue weighted by atomic mass is 35.5. The van der Waals surface area contributed by atoms with Gasteiger partial charge < -0.3 is 14.2 Å². The molecular formula is C20H17ClN2O6. The minimum atomic E-state index is -0.848. The number of carbonyl (C=O) groups excluding carboxylic acids is 3. The van der Waals surface area contributed by atoms with Crippen LogP contribution in [0.25, 0.3) is 6.08 Å². The largest absolute Gasteiger partial charge is 0.493 e. The number of imide groups is 2. The van der Waals surface area contributed by atoms with E-state index >= 15 is 0 Å². The third-order valence-electron chi connectivity index (χ3n) is 4.22. The Balaban J connectivity index is 2.08. The number of urea groups is 1. The summed E-state index contributed by atoms with van der Waals surface area (Å²) in [6, 6.07) is 8.45. The molecule has 9 heteroatoms. The van der Waals surface area contributed by atoms with Crippen molar-refractivity contribution in [1.82, 2.24) is 5.32 Å². The molecule has 2 aromatic rings. The highest BCUT2D eigenvalue weighted by Gasteiger charge is 2.37. The van der Waals surface area contributed by atoms with E-state index in [0.29, 0.717) is 22.1 Å². The highest BCUT2D eigenvalue weighted by Crippen LogP contribution is 2.40. The lowest BCUT2D eigenvalue weighted by atomic mass is 10.1. The molecule has 1 aliphatic rings. The summed E-state index contributed by atoms with van der Waals surface area (Å²) in [6.45, 7) is 0. The first-order valence-electron chi connectivity index (χ1n) is 8.37. The van der Waals surface area contributed by atoms with Gasteiger partial charge in [-0.25, -0.2) is 9.69 Å². The molecule has 0 aliphatic carbocycles. The molecule has 1 aliphatic heterocycles. The molecule has 3 rings (SSSR count). The summed E-state index contributed by atoms with van der Waals surface area (Å²) >= 11 is 5.86. The zero-order valence-electron chi connectivity index (χ0n) is 15.8. The third-order valence-corrected chi connectivity index (χ3v) is 4.47. The quantitative estimate of drug-likeness (QED) is 0.594. The predicted octanol–water partition coefficient (Wildman–Crippen LogP) is 3.03. The van der Waals surface area contributed by atoms with Gasteiger partial charge in [-0.3, -0.25) is 14.9 Å². The van der Waals surface area contributed by atoms with E-state index in [1.165, 1.54) is 51.7 Å². The monoisotopic (exact) mass is 416 g/mol. The van der Waals surface area contributed by atoms with E-state index in [0.717, 1.165) is 4.90 Å². The zero-order chi connectivity index (χ0) is 21.1. The number of anilines is 1. The van der Waals surface area contributed by atoms with Crippen LogP contribution < -0.4 is 24.4 Å². The van der Waals surface area contributed by atoms with E-state index in [1.54, 1.807) is 12.1 Å². The van der Waals surface area contributed by atoms with Crippen LogP contribution in [0.2, 0.25) is 5.02 Å². The number of ether oxygens (including phenoxy) is 3. The van der Waals surface area contributed by atoms with Gasteiger partial charge in [0.05, 0.1) is 27.0 Å². The van der Waals surface area contributed by atoms with Gasteiger partial charge in [-0.05, 0) is 42.5 Å². The maximum atomic E-state index is 13.0. The van der Waals surface area contributed by atoms with Crippen LogP contribution >= 0.6 is 11.6 Å². The SMILES string of the molecule is COc1ccc(/C=C2\C(=O)NC(=O)N(c3ccc(Cl)cc3)C2=O)c(OC)c1OC. The Hall–Kier alpha value is -3.52. The molecule has 0 radical (unpaired) electrons. The van der Waals surface area contributed by atoms with Crippen LogP contribution in [0.5, 0.6) is 17.2 Å². The van der Waals surface area contributed by atoms with Crippen LogP contribution in [0, 0.1) is 0 Å². The van der Waals surface area contributed by atoms with Crippen molar-refractivity contribution in [2.24, 2.45) is 0 Å². The van der Waals surface area contributed by atoms with Crippen LogP contribution in [0.15, 0.2) is 42.0 Å². The fourth-order valence-corrected chi connectivity index (χ4v) is 3.00. The lowest BCUT2D eigenvalue weighted by Gasteiger charge is -2.26. The van der Waals surface area contributed by atoms with E-state index in [1.807, 2.05) is 0 Å². The number of hydrogen-bond donors (Lipinski definition) is 1. The number of benzene rings is 2. The first kappa shape index (κ1) is 20.2. The molecule has 0 bridgehead atoms. The average Bonchev–Trinajstić information content (AvgIpc) is 2.71. The van der Waals surface area contributed by atoms with E-state index in [9.17, 15) is 14.4 Å². The summed E-state index contributed by atoms with van der Waals surface area (Å²) < 4.78 is 15.9. The fourth-order valence-electron chi connectivity index (χ4n) is 2.88. The van der Waals surface area contributed by atoms with Crippen molar-refractivity contribution in [1.29, 1.82) is 0 Å². The minimum Gasteiger partial charge on any atom is -0.493 e. The van der Waals surface area contributed by atoms with Gasteiger partial charge in [-0.15, -0.1) is 0 Å². The molecule has 1 fully saturated rings. The Morgan fingerprint density at radius 3 is 2.14 bits per heavy atom. The Morgan fingerprint density at radius 1 is 0.897 bits per heavy atom. The summed E-state index contributed by atoms with van der Waals surface area (Å²) in [4.78, 5) is 38.4. The molecule has 29 heavy (non-hydrogen) atoms. The maximum Gasteiger partial charge on any atom is 0.335 e. The standard InChI is InChI=1S/C20H17ClN2O6/c1-27-15-9-4-11(16(28-2)17(15)29-3)10-14-18(24)22-20(26)23(19(14)25)13-7-5-12(21)6-8-13/h4-10H,1-3H3,(H,22,24,26)/b14-10+. The molecule has 1 heterocycles. The van der Waals surface area contributed by atoms with Gasteiger partial charge in [-0.1, -0.05) is 11.6 Å². The average molecular weight is 417 g/mol. The van der Waals surface area contributed by atoms with Crippen molar-refractivity contribution in [3.63, 3.8) is 0 Å². The minimum absolute atomic E-state index is 0.245. The number of carbonyl (C=O) groups is 3. The van der Waals surface area contributed by atoms with Crippen LogP contribution in [-0.4, -0.2) is 39.2 Å². The topological polar surface area (TPSA) is 94.2 Å². The van der Waals surface area contributed by atoms with Crippen molar-refractivity contribution in [2.45, 2.75) is 0 Å². The second-order valence-electron chi connectivity index (χ2n) is 5.86. The number of rotatable bonds is 5. The van der Waals surface area contributed by atoms with Crippen LogP contribution in [-0.2, 0) is 9.59 Å². The molecule has 0 aromatic heterocycles. The highest BCUT2D eigenvalue weighted by molar-refractivity contribution is 6.39. The molecule has 1 N–H and O–H groups in total. The molecule has 8 nitrogen and oxygen atoms in total. The van der Waals surface area contributed by atoms with Crippen molar-refractivity contribution >= 4 is 41.2 Å². The summed E-state index contributed by atoms with van der Waals surface area (Å²) in [5, 5.41) is 2.61. The van der Waals surface area contributed by atoms with E-state index in [4.69, 9.17) is 25.8 Å². The molecule has 1 saturated heterocycles. The van der Waals surface area contributed by atoms with Gasteiger partial charge in [0.2, 0.25) is 5.75 Å².